The normalized spacial score (nSPS) is 22.9. The van der Waals surface area contributed by atoms with Crippen LogP contribution in [0.15, 0.2) is 0 Å². The number of nitrogens with one attached hydrogen (secondary N) is 1. The molecule has 0 aromatic heterocycles. The fourth-order valence-electron chi connectivity index (χ4n) is 1.78. The molecule has 1 heterocycles. The first kappa shape index (κ1) is 12.3. The number of alkyl halides is 3. The molecule has 1 rings (SSSR count). The highest BCUT2D eigenvalue weighted by molar-refractivity contribution is 5.73. The third-order valence-electron chi connectivity index (χ3n) is 2.56. The molecule has 0 saturated carbocycles. The SMILES string of the molecule is CC(=O)N1CCC[C@@H](CNC(F)(F)F)C1. The van der Waals surface area contributed by atoms with E-state index >= 15 is 0 Å². The van der Waals surface area contributed by atoms with Crippen molar-refractivity contribution in [2.45, 2.75) is 26.1 Å². The van der Waals surface area contributed by atoms with Crippen LogP contribution in [0.5, 0.6) is 0 Å². The number of carbonyl (C=O) groups excluding carboxylic acids is 1. The fourth-order valence-corrected chi connectivity index (χ4v) is 1.78. The van der Waals surface area contributed by atoms with Crippen LogP contribution in [0.25, 0.3) is 0 Å². The summed E-state index contributed by atoms with van der Waals surface area (Å²) >= 11 is 0. The van der Waals surface area contributed by atoms with Crippen molar-refractivity contribution in [1.82, 2.24) is 10.2 Å². The van der Waals surface area contributed by atoms with Gasteiger partial charge < -0.3 is 4.90 Å². The molecule has 0 aliphatic carbocycles. The van der Waals surface area contributed by atoms with Crippen molar-refractivity contribution in [3.63, 3.8) is 0 Å². The van der Waals surface area contributed by atoms with Crippen LogP contribution in [0.1, 0.15) is 19.8 Å². The van der Waals surface area contributed by atoms with Gasteiger partial charge in [-0.3, -0.25) is 4.79 Å². The molecule has 0 unspecified atom stereocenters. The van der Waals surface area contributed by atoms with Gasteiger partial charge in [0.1, 0.15) is 0 Å². The van der Waals surface area contributed by atoms with Crippen LogP contribution in [-0.2, 0) is 4.79 Å². The molecule has 1 aliphatic rings. The van der Waals surface area contributed by atoms with Gasteiger partial charge >= 0.3 is 6.30 Å². The lowest BCUT2D eigenvalue weighted by molar-refractivity contribution is -0.159. The summed E-state index contributed by atoms with van der Waals surface area (Å²) in [5, 5.41) is 1.51. The van der Waals surface area contributed by atoms with Crippen molar-refractivity contribution in [3.8, 4) is 0 Å². The average molecular weight is 224 g/mol. The number of nitrogens with zero attached hydrogens (tertiary/aromatic N) is 1. The smallest absolute Gasteiger partial charge is 0.343 e. The molecule has 6 heteroatoms. The summed E-state index contributed by atoms with van der Waals surface area (Å²) in [7, 11) is 0. The zero-order chi connectivity index (χ0) is 11.5. The highest BCUT2D eigenvalue weighted by Crippen LogP contribution is 2.18. The molecular formula is C9H15F3N2O. The Labute approximate surface area is 86.6 Å². The molecule has 1 fully saturated rings. The molecule has 0 radical (unpaired) electrons. The molecule has 88 valence electrons. The summed E-state index contributed by atoms with van der Waals surface area (Å²) in [6.07, 6.45) is -2.80. The van der Waals surface area contributed by atoms with Gasteiger partial charge in [-0.1, -0.05) is 0 Å². The van der Waals surface area contributed by atoms with E-state index in [-0.39, 0.29) is 18.4 Å². The minimum absolute atomic E-state index is 0.0632. The second kappa shape index (κ2) is 4.83. The lowest BCUT2D eigenvalue weighted by Crippen LogP contribution is -2.44. The van der Waals surface area contributed by atoms with Gasteiger partial charge in [0, 0.05) is 26.6 Å². The van der Waals surface area contributed by atoms with Gasteiger partial charge in [-0.05, 0) is 18.8 Å². The van der Waals surface area contributed by atoms with Crippen LogP contribution in [0.2, 0.25) is 0 Å². The first-order valence-electron chi connectivity index (χ1n) is 4.96. The zero-order valence-electron chi connectivity index (χ0n) is 8.60. The summed E-state index contributed by atoms with van der Waals surface area (Å²) < 4.78 is 35.6. The highest BCUT2D eigenvalue weighted by atomic mass is 19.4. The van der Waals surface area contributed by atoms with Crippen molar-refractivity contribution >= 4 is 5.91 Å². The minimum Gasteiger partial charge on any atom is -0.343 e. The highest BCUT2D eigenvalue weighted by Gasteiger charge is 2.29. The van der Waals surface area contributed by atoms with E-state index in [1.165, 1.54) is 12.2 Å². The van der Waals surface area contributed by atoms with Crippen LogP contribution in [-0.4, -0.2) is 36.7 Å². The Morgan fingerprint density at radius 1 is 1.53 bits per heavy atom. The second-order valence-corrected chi connectivity index (χ2v) is 3.85. The van der Waals surface area contributed by atoms with Crippen molar-refractivity contribution in [2.24, 2.45) is 5.92 Å². The van der Waals surface area contributed by atoms with E-state index in [0.29, 0.717) is 13.1 Å². The molecule has 1 saturated heterocycles. The van der Waals surface area contributed by atoms with E-state index in [9.17, 15) is 18.0 Å². The van der Waals surface area contributed by atoms with Gasteiger partial charge in [0.25, 0.3) is 0 Å². The number of carbonyl (C=O) groups is 1. The monoisotopic (exact) mass is 224 g/mol. The molecule has 1 N–H and O–H groups in total. The van der Waals surface area contributed by atoms with Gasteiger partial charge in [0.2, 0.25) is 5.91 Å². The topological polar surface area (TPSA) is 32.3 Å². The van der Waals surface area contributed by atoms with Crippen LogP contribution < -0.4 is 5.32 Å². The summed E-state index contributed by atoms with van der Waals surface area (Å²) in [6.45, 7) is 2.43. The molecule has 0 spiro atoms. The quantitative estimate of drug-likeness (QED) is 0.718. The fraction of sp³-hybridized carbons (Fsp3) is 0.889. The molecule has 0 bridgehead atoms. The van der Waals surface area contributed by atoms with Gasteiger partial charge in [-0.25, -0.2) is 5.32 Å². The Balaban J connectivity index is 2.34. The van der Waals surface area contributed by atoms with E-state index < -0.39 is 6.30 Å². The van der Waals surface area contributed by atoms with E-state index in [0.717, 1.165) is 12.8 Å². The molecule has 0 aromatic rings. The van der Waals surface area contributed by atoms with E-state index in [4.69, 9.17) is 0 Å². The maximum absolute atomic E-state index is 11.9. The van der Waals surface area contributed by atoms with Crippen molar-refractivity contribution < 1.29 is 18.0 Å². The molecule has 3 nitrogen and oxygen atoms in total. The Morgan fingerprint density at radius 2 is 2.20 bits per heavy atom. The maximum Gasteiger partial charge on any atom is 0.457 e. The predicted octanol–water partition coefficient (Wildman–Crippen LogP) is 1.35. The van der Waals surface area contributed by atoms with Crippen LogP contribution >= 0.6 is 0 Å². The van der Waals surface area contributed by atoms with Crippen molar-refractivity contribution in [2.75, 3.05) is 19.6 Å². The minimum atomic E-state index is -4.32. The summed E-state index contributed by atoms with van der Waals surface area (Å²) in [4.78, 5) is 12.6. The Bertz CT molecular complexity index is 230. The van der Waals surface area contributed by atoms with Crippen molar-refractivity contribution in [1.29, 1.82) is 0 Å². The van der Waals surface area contributed by atoms with Crippen LogP contribution in [0, 0.1) is 5.92 Å². The molecule has 1 amide bonds. The zero-order valence-corrected chi connectivity index (χ0v) is 8.60. The van der Waals surface area contributed by atoms with Crippen molar-refractivity contribution in [3.05, 3.63) is 0 Å². The third-order valence-corrected chi connectivity index (χ3v) is 2.56. The average Bonchev–Trinajstić information content (AvgIpc) is 2.14. The largest absolute Gasteiger partial charge is 0.457 e. The number of amides is 1. The van der Waals surface area contributed by atoms with Gasteiger partial charge in [-0.15, -0.1) is 0 Å². The lowest BCUT2D eigenvalue weighted by Gasteiger charge is -2.32. The Kier molecular flexibility index (Phi) is 3.96. The first-order chi connectivity index (χ1) is 6.88. The van der Waals surface area contributed by atoms with E-state index in [1.807, 2.05) is 0 Å². The molecular weight excluding hydrogens is 209 g/mol. The van der Waals surface area contributed by atoms with E-state index in [1.54, 1.807) is 4.90 Å². The second-order valence-electron chi connectivity index (χ2n) is 3.85. The third kappa shape index (κ3) is 4.51. The van der Waals surface area contributed by atoms with Gasteiger partial charge in [0.05, 0.1) is 0 Å². The van der Waals surface area contributed by atoms with Crippen LogP contribution in [0.3, 0.4) is 0 Å². The Hall–Kier alpha value is -0.780. The summed E-state index contributed by atoms with van der Waals surface area (Å²) in [6, 6.07) is 0. The lowest BCUT2D eigenvalue weighted by atomic mass is 9.98. The summed E-state index contributed by atoms with van der Waals surface area (Å²) in [5.41, 5.74) is 0. The standard InChI is InChI=1S/C9H15F3N2O/c1-7(15)14-4-2-3-8(6-14)5-13-9(10,11)12/h8,13H,2-6H2,1H3/t8-/m0/s1. The first-order valence-corrected chi connectivity index (χ1v) is 4.96. The number of halogens is 3. The molecule has 0 aromatic carbocycles. The molecule has 1 aliphatic heterocycles. The van der Waals surface area contributed by atoms with Crippen LogP contribution in [0.4, 0.5) is 13.2 Å². The number of hydrogen-bond donors (Lipinski definition) is 1. The number of hydrogen-bond acceptors (Lipinski definition) is 2. The number of rotatable bonds is 2. The number of piperidine rings is 1. The van der Waals surface area contributed by atoms with Gasteiger partial charge in [-0.2, -0.15) is 13.2 Å². The van der Waals surface area contributed by atoms with E-state index in [2.05, 4.69) is 0 Å². The van der Waals surface area contributed by atoms with Gasteiger partial charge in [0.15, 0.2) is 0 Å². The Morgan fingerprint density at radius 3 is 2.73 bits per heavy atom. The molecule has 15 heavy (non-hydrogen) atoms. The number of likely N-dealkylation sites (tertiary alicyclic amines) is 1. The summed E-state index contributed by atoms with van der Waals surface area (Å²) in [5.74, 6) is -0.156. The predicted molar refractivity (Wildman–Crippen MR) is 49.0 cm³/mol. The molecule has 1 atom stereocenters. The maximum atomic E-state index is 11.9.